The highest BCUT2D eigenvalue weighted by Gasteiger charge is 2.14. The normalized spacial score (nSPS) is 9.23. The quantitative estimate of drug-likeness (QED) is 0.494. The van der Waals surface area contributed by atoms with Crippen LogP contribution in [0.3, 0.4) is 0 Å². The van der Waals surface area contributed by atoms with E-state index in [0.29, 0.717) is 21.8 Å². The number of nitrogens with zero attached hydrogens (tertiary/aromatic N) is 2. The van der Waals surface area contributed by atoms with E-state index in [1.165, 1.54) is 0 Å². The van der Waals surface area contributed by atoms with Gasteiger partial charge in [-0.2, -0.15) is 0 Å². The number of hydrogen-bond acceptors (Lipinski definition) is 2. The van der Waals surface area contributed by atoms with E-state index in [4.69, 9.17) is 23.2 Å². The van der Waals surface area contributed by atoms with Gasteiger partial charge in [0, 0.05) is 5.01 Å². The number of pyridine rings is 1. The van der Waals surface area contributed by atoms with Crippen molar-refractivity contribution in [2.24, 2.45) is 0 Å². The minimum absolute atomic E-state index is 0.194. The van der Waals surface area contributed by atoms with E-state index in [0.717, 1.165) is 0 Å². The molecule has 0 aliphatic heterocycles. The molecule has 0 N–H and O–H groups in total. The maximum Gasteiger partial charge on any atom is 0.340 e. The third-order valence-electron chi connectivity index (χ3n) is 1.65. The fourth-order valence-corrected chi connectivity index (χ4v) is 1.41. The van der Waals surface area contributed by atoms with Gasteiger partial charge in [0.2, 0.25) is 0 Å². The molecule has 0 aliphatic carbocycles. The summed E-state index contributed by atoms with van der Waals surface area (Å²) in [6.07, 6.45) is 0. The lowest BCUT2D eigenvalue weighted by molar-refractivity contribution is 1.17. The van der Waals surface area contributed by atoms with Crippen molar-refractivity contribution in [1.29, 1.82) is 0 Å². The van der Waals surface area contributed by atoms with Crippen LogP contribution < -0.4 is 0 Å². The van der Waals surface area contributed by atoms with Crippen LogP contribution in [0, 0.1) is 25.1 Å². The van der Waals surface area contributed by atoms with Gasteiger partial charge < -0.3 is 5.21 Å². The molecule has 0 atom stereocenters. The second-order valence-electron chi connectivity index (χ2n) is 2.51. The van der Waals surface area contributed by atoms with Gasteiger partial charge >= 0.3 is 6.07 Å². The van der Waals surface area contributed by atoms with Gasteiger partial charge in [0.25, 0.3) is 0 Å². The van der Waals surface area contributed by atoms with Gasteiger partial charge in [-0.1, -0.05) is 23.2 Å². The first kappa shape index (κ1) is 10.1. The standard InChI is InChI=1S/C8H6Cl2N2O/c1-4-6(3-11-13)8(10)12-5(2)7(4)9/h1-2H3. The van der Waals surface area contributed by atoms with Crippen molar-refractivity contribution in [3.05, 3.63) is 37.2 Å². The van der Waals surface area contributed by atoms with Gasteiger partial charge in [-0.25, -0.2) is 4.98 Å². The van der Waals surface area contributed by atoms with E-state index >= 15 is 0 Å². The maximum absolute atomic E-state index is 9.98. The molecular formula is C8H6Cl2N2O. The van der Waals surface area contributed by atoms with Crippen LogP contribution >= 0.6 is 23.2 Å². The number of rotatable bonds is 0. The van der Waals surface area contributed by atoms with Crippen LogP contribution in [0.5, 0.6) is 0 Å². The van der Waals surface area contributed by atoms with E-state index in [2.05, 4.69) is 16.1 Å². The van der Waals surface area contributed by atoms with Crippen LogP contribution in [-0.2, 0) is 0 Å². The van der Waals surface area contributed by atoms with Crippen molar-refractivity contribution in [3.63, 3.8) is 0 Å². The summed E-state index contributed by atoms with van der Waals surface area (Å²) >= 11 is 11.6. The van der Waals surface area contributed by atoms with Crippen LogP contribution in [0.1, 0.15) is 16.8 Å². The summed E-state index contributed by atoms with van der Waals surface area (Å²) in [4.78, 5) is 3.92. The van der Waals surface area contributed by atoms with Gasteiger partial charge in [-0.05, 0) is 19.4 Å². The fraction of sp³-hybridized carbons (Fsp3) is 0.250. The Balaban J connectivity index is 3.49. The van der Waals surface area contributed by atoms with Crippen molar-refractivity contribution >= 4 is 23.2 Å². The van der Waals surface area contributed by atoms with Crippen molar-refractivity contribution in [3.8, 4) is 6.07 Å². The van der Waals surface area contributed by atoms with Gasteiger partial charge in [0.05, 0.1) is 10.7 Å². The van der Waals surface area contributed by atoms with Crippen LogP contribution in [0.2, 0.25) is 10.2 Å². The summed E-state index contributed by atoms with van der Waals surface area (Å²) in [6.45, 7) is 3.47. The summed E-state index contributed by atoms with van der Waals surface area (Å²) in [6, 6.07) is 2.20. The highest BCUT2D eigenvalue weighted by atomic mass is 35.5. The number of halogens is 2. The van der Waals surface area contributed by atoms with Gasteiger partial charge in [-0.15, -0.1) is 0 Å². The molecule has 0 amide bonds. The zero-order chi connectivity index (χ0) is 10.0. The molecule has 0 bridgehead atoms. The third kappa shape index (κ3) is 1.85. The topological polar surface area (TPSA) is 40.3 Å². The van der Waals surface area contributed by atoms with Crippen LogP contribution in [0.15, 0.2) is 0 Å². The van der Waals surface area contributed by atoms with Crippen molar-refractivity contribution in [2.75, 3.05) is 0 Å². The number of hydrogen-bond donors (Lipinski definition) is 0. The summed E-state index contributed by atoms with van der Waals surface area (Å²) < 4.78 is 0. The Morgan fingerprint density at radius 2 is 2.00 bits per heavy atom. The third-order valence-corrected chi connectivity index (χ3v) is 2.48. The van der Waals surface area contributed by atoms with Crippen LogP contribution in [0.4, 0.5) is 0 Å². The van der Waals surface area contributed by atoms with E-state index in [1.54, 1.807) is 13.8 Å². The monoisotopic (exact) mass is 216 g/mol. The van der Waals surface area contributed by atoms with E-state index in [-0.39, 0.29) is 5.15 Å². The number of aryl methyl sites for hydroxylation is 1. The van der Waals surface area contributed by atoms with Crippen LogP contribution in [-0.4, -0.2) is 4.98 Å². The molecule has 1 heterocycles. The molecule has 1 aromatic heterocycles. The van der Waals surface area contributed by atoms with E-state index in [1.807, 2.05) is 0 Å². The lowest BCUT2D eigenvalue weighted by Gasteiger charge is -2.03. The first-order valence-electron chi connectivity index (χ1n) is 3.48. The lowest BCUT2D eigenvalue weighted by Crippen LogP contribution is -1.93. The van der Waals surface area contributed by atoms with Crippen molar-refractivity contribution in [2.45, 2.75) is 13.8 Å². The largest absolute Gasteiger partial charge is 0.498 e. The fourth-order valence-electron chi connectivity index (χ4n) is 0.964. The highest BCUT2D eigenvalue weighted by molar-refractivity contribution is 6.34. The second kappa shape index (κ2) is 3.82. The lowest BCUT2D eigenvalue weighted by atomic mass is 10.1. The molecule has 0 fully saturated rings. The Hall–Kier alpha value is -0.980. The molecule has 0 unspecified atom stereocenters. The molecule has 0 aromatic carbocycles. The minimum Gasteiger partial charge on any atom is -0.498 e. The molecule has 1 rings (SSSR count). The molecule has 68 valence electrons. The van der Waals surface area contributed by atoms with Crippen molar-refractivity contribution < 1.29 is 0 Å². The molecule has 0 saturated heterocycles. The molecule has 3 nitrogen and oxygen atoms in total. The first-order valence-corrected chi connectivity index (χ1v) is 4.24. The predicted octanol–water partition coefficient (Wildman–Crippen LogP) is 3.18. The summed E-state index contributed by atoms with van der Waals surface area (Å²) in [5.41, 5.74) is 1.65. The molecule has 5 heteroatoms. The van der Waals surface area contributed by atoms with E-state index < -0.39 is 0 Å². The van der Waals surface area contributed by atoms with E-state index in [9.17, 15) is 5.21 Å². The number of aromatic nitrogens is 1. The molecule has 0 aliphatic rings. The first-order chi connectivity index (χ1) is 6.07. The summed E-state index contributed by atoms with van der Waals surface area (Å²) in [5.74, 6) is 0. The zero-order valence-corrected chi connectivity index (χ0v) is 8.57. The Morgan fingerprint density at radius 3 is 2.54 bits per heavy atom. The summed E-state index contributed by atoms with van der Waals surface area (Å²) in [5, 5.41) is 13.2. The molecular weight excluding hydrogens is 211 g/mol. The Bertz CT molecular complexity index is 407. The van der Waals surface area contributed by atoms with Crippen LogP contribution in [0.25, 0.3) is 5.01 Å². The summed E-state index contributed by atoms with van der Waals surface area (Å²) in [7, 11) is 0. The molecule has 0 spiro atoms. The van der Waals surface area contributed by atoms with Crippen molar-refractivity contribution in [1.82, 2.24) is 4.98 Å². The molecule has 1 aromatic rings. The molecule has 0 saturated carbocycles. The smallest absolute Gasteiger partial charge is 0.340 e. The average Bonchev–Trinajstić information content (AvgIpc) is 2.09. The maximum atomic E-state index is 9.98. The Kier molecular flexibility index (Phi) is 2.97. The van der Waals surface area contributed by atoms with Gasteiger partial charge in [-0.3, -0.25) is 0 Å². The average molecular weight is 217 g/mol. The minimum atomic E-state index is 0.194. The zero-order valence-electron chi connectivity index (χ0n) is 7.06. The SMILES string of the molecule is Cc1nc(Cl)c(C#[N+][O-])c(C)c1Cl. The molecule has 0 radical (unpaired) electrons. The van der Waals surface area contributed by atoms with Gasteiger partial charge in [0.15, 0.2) is 5.15 Å². The van der Waals surface area contributed by atoms with Gasteiger partial charge in [0.1, 0.15) is 5.56 Å². The predicted molar refractivity (Wildman–Crippen MR) is 53.4 cm³/mol. The molecule has 13 heavy (non-hydrogen) atoms. The Morgan fingerprint density at radius 1 is 1.38 bits per heavy atom. The highest BCUT2D eigenvalue weighted by Crippen LogP contribution is 2.26. The Labute approximate surface area is 85.7 Å². The second-order valence-corrected chi connectivity index (χ2v) is 3.24.